The lowest BCUT2D eigenvalue weighted by Crippen LogP contribution is -2.35. The molecule has 3 aromatic rings. The molecule has 0 aliphatic carbocycles. The van der Waals surface area contributed by atoms with E-state index < -0.39 is 22.2 Å². The lowest BCUT2D eigenvalue weighted by atomic mass is 10.0. The molecule has 32 heavy (non-hydrogen) atoms. The highest BCUT2D eigenvalue weighted by atomic mass is 32.2. The van der Waals surface area contributed by atoms with Gasteiger partial charge in [0.15, 0.2) is 6.10 Å². The number of ether oxygens (including phenoxy) is 1. The fourth-order valence-corrected chi connectivity index (χ4v) is 5.32. The number of hydrogen-bond acceptors (Lipinski definition) is 4. The summed E-state index contributed by atoms with van der Waals surface area (Å²) in [5, 5.41) is 2.70. The molecule has 0 radical (unpaired) electrons. The number of nitrogens with one attached hydrogen (secondary N) is 1. The van der Waals surface area contributed by atoms with Gasteiger partial charge in [-0.3, -0.25) is 5.32 Å². The van der Waals surface area contributed by atoms with Crippen LogP contribution in [0.1, 0.15) is 36.5 Å². The summed E-state index contributed by atoms with van der Waals surface area (Å²) in [5.74, 6) is 0. The molecule has 166 valence electrons. The quantitative estimate of drug-likeness (QED) is 0.560. The Morgan fingerprint density at radius 3 is 1.84 bits per heavy atom. The van der Waals surface area contributed by atoms with Gasteiger partial charge in [-0.25, -0.2) is 13.2 Å². The Hall–Kier alpha value is -3.16. The Labute approximate surface area is 188 Å². The zero-order valence-corrected chi connectivity index (χ0v) is 18.5. The van der Waals surface area contributed by atoms with Crippen LogP contribution in [0.25, 0.3) is 0 Å². The Morgan fingerprint density at radius 2 is 1.31 bits per heavy atom. The minimum Gasteiger partial charge on any atom is -0.436 e. The van der Waals surface area contributed by atoms with Crippen LogP contribution in [-0.2, 0) is 14.8 Å². The maximum atomic E-state index is 12.8. The van der Waals surface area contributed by atoms with Crippen LogP contribution in [0, 0.1) is 0 Å². The maximum absolute atomic E-state index is 12.8. The first-order chi connectivity index (χ1) is 15.5. The zero-order valence-electron chi connectivity index (χ0n) is 17.7. The highest BCUT2D eigenvalue weighted by Crippen LogP contribution is 2.27. The molecule has 0 aromatic heterocycles. The average molecular weight is 451 g/mol. The number of nitrogens with zero attached hydrogens (tertiary/aromatic N) is 1. The number of carbonyl (C=O) groups excluding carboxylic acids is 1. The maximum Gasteiger partial charge on any atom is 0.412 e. The first-order valence-electron chi connectivity index (χ1n) is 10.7. The summed E-state index contributed by atoms with van der Waals surface area (Å²) in [6.45, 7) is 1.10. The highest BCUT2D eigenvalue weighted by molar-refractivity contribution is 7.89. The number of benzene rings is 3. The molecule has 7 heteroatoms. The topological polar surface area (TPSA) is 75.7 Å². The summed E-state index contributed by atoms with van der Waals surface area (Å²) >= 11 is 0. The van der Waals surface area contributed by atoms with Gasteiger partial charge in [-0.1, -0.05) is 67.1 Å². The van der Waals surface area contributed by atoms with Crippen molar-refractivity contribution in [3.05, 3.63) is 96.1 Å². The summed E-state index contributed by atoms with van der Waals surface area (Å²) in [7, 11) is -3.51. The molecule has 1 saturated heterocycles. The molecule has 1 N–H and O–H groups in total. The van der Waals surface area contributed by atoms with E-state index in [0.29, 0.717) is 18.8 Å². The number of anilines is 1. The van der Waals surface area contributed by atoms with E-state index in [2.05, 4.69) is 5.32 Å². The number of rotatable bonds is 6. The van der Waals surface area contributed by atoms with Crippen molar-refractivity contribution in [1.29, 1.82) is 0 Å². The molecule has 1 fully saturated rings. The summed E-state index contributed by atoms with van der Waals surface area (Å²) in [5.41, 5.74) is 2.18. The second-order valence-corrected chi connectivity index (χ2v) is 9.66. The Bertz CT molecular complexity index is 1090. The minimum atomic E-state index is -3.51. The fraction of sp³-hybridized carbons (Fsp3) is 0.240. The second kappa shape index (κ2) is 9.97. The van der Waals surface area contributed by atoms with Crippen LogP contribution in [0.15, 0.2) is 89.8 Å². The van der Waals surface area contributed by atoms with Gasteiger partial charge < -0.3 is 4.74 Å². The van der Waals surface area contributed by atoms with E-state index in [4.69, 9.17) is 4.74 Å². The molecule has 1 heterocycles. The van der Waals surface area contributed by atoms with Crippen molar-refractivity contribution in [1.82, 2.24) is 4.31 Å². The molecule has 0 bridgehead atoms. The van der Waals surface area contributed by atoms with Gasteiger partial charge in [-0.05, 0) is 48.2 Å². The molecule has 6 nitrogen and oxygen atoms in total. The van der Waals surface area contributed by atoms with E-state index in [1.807, 2.05) is 60.7 Å². The molecule has 0 unspecified atom stereocenters. The third kappa shape index (κ3) is 5.18. The third-order valence-electron chi connectivity index (χ3n) is 5.48. The van der Waals surface area contributed by atoms with E-state index in [9.17, 15) is 13.2 Å². The largest absolute Gasteiger partial charge is 0.436 e. The lowest BCUT2D eigenvalue weighted by molar-refractivity contribution is 0.131. The molecule has 0 saturated carbocycles. The van der Waals surface area contributed by atoms with Crippen molar-refractivity contribution >= 4 is 21.8 Å². The first kappa shape index (κ1) is 22.0. The molecule has 3 aromatic carbocycles. The van der Waals surface area contributed by atoms with Crippen molar-refractivity contribution < 1.29 is 17.9 Å². The van der Waals surface area contributed by atoms with Gasteiger partial charge >= 0.3 is 6.09 Å². The number of hydrogen-bond donors (Lipinski definition) is 1. The predicted molar refractivity (Wildman–Crippen MR) is 124 cm³/mol. The van der Waals surface area contributed by atoms with Crippen LogP contribution < -0.4 is 5.32 Å². The van der Waals surface area contributed by atoms with Crippen LogP contribution in [0.4, 0.5) is 10.5 Å². The molecule has 0 spiro atoms. The van der Waals surface area contributed by atoms with Gasteiger partial charge in [0, 0.05) is 18.8 Å². The van der Waals surface area contributed by atoms with Gasteiger partial charge in [0.2, 0.25) is 10.0 Å². The zero-order chi connectivity index (χ0) is 22.4. The Morgan fingerprint density at radius 1 is 0.781 bits per heavy atom. The van der Waals surface area contributed by atoms with Gasteiger partial charge in [-0.15, -0.1) is 0 Å². The number of piperidine rings is 1. The van der Waals surface area contributed by atoms with Crippen LogP contribution >= 0.6 is 0 Å². The van der Waals surface area contributed by atoms with Crippen molar-refractivity contribution in [2.24, 2.45) is 0 Å². The van der Waals surface area contributed by atoms with Crippen molar-refractivity contribution in [2.45, 2.75) is 30.3 Å². The summed E-state index contributed by atoms with van der Waals surface area (Å²) in [6, 6.07) is 25.2. The van der Waals surface area contributed by atoms with E-state index in [1.165, 1.54) is 16.4 Å². The molecule has 1 aliphatic rings. The smallest absolute Gasteiger partial charge is 0.412 e. The monoisotopic (exact) mass is 450 g/mol. The van der Waals surface area contributed by atoms with Gasteiger partial charge in [-0.2, -0.15) is 4.31 Å². The third-order valence-corrected chi connectivity index (χ3v) is 7.40. The minimum absolute atomic E-state index is 0.227. The highest BCUT2D eigenvalue weighted by Gasteiger charge is 2.26. The SMILES string of the molecule is O=C(Nc1ccc(S(=O)(=O)N2CCCCC2)cc1)OC(c1ccccc1)c1ccccc1. The fourth-order valence-electron chi connectivity index (χ4n) is 3.80. The predicted octanol–water partition coefficient (Wildman–Crippen LogP) is 5.20. The van der Waals surface area contributed by atoms with Crippen LogP contribution in [0.3, 0.4) is 0 Å². The van der Waals surface area contributed by atoms with E-state index in [1.54, 1.807) is 12.1 Å². The lowest BCUT2D eigenvalue weighted by Gasteiger charge is -2.25. The van der Waals surface area contributed by atoms with E-state index in [-0.39, 0.29) is 4.90 Å². The standard InChI is InChI=1S/C25H26N2O4S/c28-25(31-24(20-10-4-1-5-11-20)21-12-6-2-7-13-21)26-22-14-16-23(17-15-22)32(29,30)27-18-8-3-9-19-27/h1-2,4-7,10-17,24H,3,8-9,18-19H2,(H,26,28). The Kier molecular flexibility index (Phi) is 6.87. The van der Waals surface area contributed by atoms with Gasteiger partial charge in [0.1, 0.15) is 0 Å². The van der Waals surface area contributed by atoms with E-state index in [0.717, 1.165) is 30.4 Å². The molecule has 0 atom stereocenters. The van der Waals surface area contributed by atoms with E-state index >= 15 is 0 Å². The molecule has 4 rings (SSSR count). The van der Waals surface area contributed by atoms with Crippen molar-refractivity contribution in [2.75, 3.05) is 18.4 Å². The van der Waals surface area contributed by atoms with Crippen LogP contribution in [0.2, 0.25) is 0 Å². The van der Waals surface area contributed by atoms with Crippen molar-refractivity contribution in [3.8, 4) is 0 Å². The number of amides is 1. The molecular formula is C25H26N2O4S. The van der Waals surface area contributed by atoms with Gasteiger partial charge in [0.05, 0.1) is 4.90 Å². The number of sulfonamides is 1. The second-order valence-electron chi connectivity index (χ2n) is 7.72. The van der Waals surface area contributed by atoms with Crippen molar-refractivity contribution in [3.63, 3.8) is 0 Å². The summed E-state index contributed by atoms with van der Waals surface area (Å²) in [4.78, 5) is 12.9. The Balaban J connectivity index is 1.46. The number of carbonyl (C=O) groups is 1. The van der Waals surface area contributed by atoms with Gasteiger partial charge in [0.25, 0.3) is 0 Å². The van der Waals surface area contributed by atoms with Crippen LogP contribution in [0.5, 0.6) is 0 Å². The first-order valence-corrected chi connectivity index (χ1v) is 12.2. The molecule has 1 amide bonds. The summed E-state index contributed by atoms with van der Waals surface area (Å²) < 4.78 is 32.9. The molecule has 1 aliphatic heterocycles. The normalized spacial score (nSPS) is 14.8. The average Bonchev–Trinajstić information content (AvgIpc) is 2.84. The van der Waals surface area contributed by atoms with Crippen LogP contribution in [-0.4, -0.2) is 31.9 Å². The summed E-state index contributed by atoms with van der Waals surface area (Å²) in [6.07, 6.45) is 1.65. The molecular weight excluding hydrogens is 424 g/mol.